The van der Waals surface area contributed by atoms with E-state index in [0.717, 1.165) is 6.07 Å². The Morgan fingerprint density at radius 1 is 1.36 bits per heavy atom. The van der Waals surface area contributed by atoms with E-state index >= 15 is 0 Å². The van der Waals surface area contributed by atoms with Gasteiger partial charge in [-0.1, -0.05) is 12.1 Å². The Kier molecular flexibility index (Phi) is 5.06. The zero-order valence-electron chi connectivity index (χ0n) is 13.1. The van der Waals surface area contributed by atoms with Crippen molar-refractivity contribution in [3.8, 4) is 0 Å². The summed E-state index contributed by atoms with van der Waals surface area (Å²) in [5.41, 5.74) is -0.384. The highest BCUT2D eigenvalue weighted by molar-refractivity contribution is 6.06. The number of carboxylic acids is 2. The number of nitro groups is 1. The van der Waals surface area contributed by atoms with Gasteiger partial charge in [-0.05, 0) is 12.5 Å². The Hall–Kier alpha value is -3.36. The van der Waals surface area contributed by atoms with Gasteiger partial charge in [0.25, 0.3) is 5.69 Å². The summed E-state index contributed by atoms with van der Waals surface area (Å²) >= 11 is 0. The van der Waals surface area contributed by atoms with Gasteiger partial charge in [-0.3, -0.25) is 19.9 Å². The van der Waals surface area contributed by atoms with E-state index in [9.17, 15) is 34.7 Å². The van der Waals surface area contributed by atoms with Crippen LogP contribution in [0.15, 0.2) is 40.5 Å². The van der Waals surface area contributed by atoms with E-state index in [-0.39, 0.29) is 34.7 Å². The molecule has 1 aliphatic heterocycles. The van der Waals surface area contributed by atoms with Crippen molar-refractivity contribution >= 4 is 29.6 Å². The van der Waals surface area contributed by atoms with Gasteiger partial charge < -0.3 is 15.0 Å². The van der Waals surface area contributed by atoms with Gasteiger partial charge in [0.1, 0.15) is 12.2 Å². The minimum atomic E-state index is -1.42. The molecule has 2 atom stereocenters. The minimum Gasteiger partial charge on any atom is -0.481 e. The number of carboxylic acid groups (broad SMARTS) is 2. The number of rotatable bonds is 6. The number of nitrogens with zero attached hydrogens (tertiary/aromatic N) is 2. The molecule has 0 fully saturated rings. The predicted molar refractivity (Wildman–Crippen MR) is 85.4 cm³/mol. The molecule has 2 N–H and O–H groups in total. The first-order valence-corrected chi connectivity index (χ1v) is 7.20. The molecule has 9 nitrogen and oxygen atoms in total. The van der Waals surface area contributed by atoms with Crippen LogP contribution in [-0.4, -0.2) is 39.1 Å². The standard InChI is InChI=1S/C16H14N2O7/c1-8-12(15(20)21)13(9-3-2-4-10(7-9)18(24)25)14(16(22)23)11(17-8)5-6-19/h2-4,6-7,12-13H,5H2,1H3,(H,20,21)(H,22,23). The molecule has 0 saturated heterocycles. The maximum Gasteiger partial charge on any atom is 0.334 e. The van der Waals surface area contributed by atoms with E-state index in [1.165, 1.54) is 25.1 Å². The minimum absolute atomic E-state index is 0.0472. The second-order valence-electron chi connectivity index (χ2n) is 5.44. The monoisotopic (exact) mass is 346 g/mol. The molecule has 0 aromatic heterocycles. The summed E-state index contributed by atoms with van der Waals surface area (Å²) < 4.78 is 0. The highest BCUT2D eigenvalue weighted by Crippen LogP contribution is 2.40. The summed E-state index contributed by atoms with van der Waals surface area (Å²) in [6.45, 7) is 1.42. The van der Waals surface area contributed by atoms with Gasteiger partial charge in [-0.25, -0.2) is 4.79 Å². The molecule has 0 bridgehead atoms. The first-order valence-electron chi connectivity index (χ1n) is 7.20. The average molecular weight is 346 g/mol. The topological polar surface area (TPSA) is 147 Å². The van der Waals surface area contributed by atoms with Crippen LogP contribution >= 0.6 is 0 Å². The number of carbonyl (C=O) groups excluding carboxylic acids is 1. The number of aldehydes is 1. The lowest BCUT2D eigenvalue weighted by atomic mass is 9.75. The van der Waals surface area contributed by atoms with Crippen LogP contribution in [0.4, 0.5) is 5.69 Å². The third-order valence-corrected chi connectivity index (χ3v) is 3.93. The summed E-state index contributed by atoms with van der Waals surface area (Å²) in [5.74, 6) is -5.22. The fraction of sp³-hybridized carbons (Fsp3) is 0.250. The summed E-state index contributed by atoms with van der Waals surface area (Å²) in [4.78, 5) is 48.6. The number of carbonyl (C=O) groups is 3. The van der Waals surface area contributed by atoms with Crippen LogP contribution in [0.1, 0.15) is 24.8 Å². The van der Waals surface area contributed by atoms with Crippen molar-refractivity contribution in [2.45, 2.75) is 19.3 Å². The molecule has 0 saturated carbocycles. The van der Waals surface area contributed by atoms with Crippen molar-refractivity contribution in [3.05, 3.63) is 51.2 Å². The molecule has 0 radical (unpaired) electrons. The van der Waals surface area contributed by atoms with E-state index in [2.05, 4.69) is 4.99 Å². The maximum atomic E-state index is 11.7. The highest BCUT2D eigenvalue weighted by Gasteiger charge is 2.42. The second-order valence-corrected chi connectivity index (χ2v) is 5.44. The number of hydrogen-bond acceptors (Lipinski definition) is 6. The second kappa shape index (κ2) is 7.04. The number of aliphatic carboxylic acids is 2. The van der Waals surface area contributed by atoms with Crippen LogP contribution in [0.3, 0.4) is 0 Å². The molecule has 1 aliphatic rings. The van der Waals surface area contributed by atoms with Gasteiger partial charge >= 0.3 is 11.9 Å². The quantitative estimate of drug-likeness (QED) is 0.453. The Labute approximate surface area is 141 Å². The maximum absolute atomic E-state index is 11.7. The molecule has 0 aliphatic carbocycles. The van der Waals surface area contributed by atoms with Crippen LogP contribution in [0, 0.1) is 16.0 Å². The Balaban J connectivity index is 2.74. The van der Waals surface area contributed by atoms with Crippen LogP contribution in [0.5, 0.6) is 0 Å². The van der Waals surface area contributed by atoms with Gasteiger partial charge in [0.15, 0.2) is 0 Å². The average Bonchev–Trinajstić information content (AvgIpc) is 2.53. The number of non-ortho nitro benzene ring substituents is 1. The normalized spacial score (nSPS) is 20.0. The van der Waals surface area contributed by atoms with Crippen molar-refractivity contribution < 1.29 is 29.5 Å². The van der Waals surface area contributed by atoms with Crippen LogP contribution in [-0.2, 0) is 14.4 Å². The van der Waals surface area contributed by atoms with Crippen molar-refractivity contribution in [1.82, 2.24) is 0 Å². The summed E-state index contributed by atoms with van der Waals surface area (Å²) in [5, 5.41) is 30.1. The molecule has 1 aromatic rings. The largest absolute Gasteiger partial charge is 0.481 e. The molecule has 2 rings (SSSR count). The first kappa shape index (κ1) is 18.0. The molecular weight excluding hydrogens is 332 g/mol. The van der Waals surface area contributed by atoms with Gasteiger partial charge in [-0.15, -0.1) is 0 Å². The van der Waals surface area contributed by atoms with Crippen molar-refractivity contribution in [2.24, 2.45) is 10.9 Å². The van der Waals surface area contributed by atoms with Gasteiger partial charge in [0.2, 0.25) is 0 Å². The highest BCUT2D eigenvalue weighted by atomic mass is 16.6. The Morgan fingerprint density at radius 2 is 2.04 bits per heavy atom. The SMILES string of the molecule is CC1=NC(CC=O)=C(C(=O)O)C(c2cccc([N+](=O)[O-])c2)C1C(=O)O. The van der Waals surface area contributed by atoms with Crippen LogP contribution in [0.25, 0.3) is 0 Å². The zero-order valence-corrected chi connectivity index (χ0v) is 13.1. The number of aliphatic imine (C=N–C) groups is 1. The van der Waals surface area contributed by atoms with Crippen LogP contribution in [0.2, 0.25) is 0 Å². The fourth-order valence-electron chi connectivity index (χ4n) is 2.93. The third kappa shape index (κ3) is 3.44. The first-order chi connectivity index (χ1) is 11.8. The van der Waals surface area contributed by atoms with Gasteiger partial charge in [-0.2, -0.15) is 0 Å². The van der Waals surface area contributed by atoms with E-state index in [4.69, 9.17) is 0 Å². The van der Waals surface area contributed by atoms with Gasteiger partial charge in [0.05, 0.1) is 16.2 Å². The summed E-state index contributed by atoms with van der Waals surface area (Å²) in [6, 6.07) is 5.14. The van der Waals surface area contributed by atoms with Gasteiger partial charge in [0, 0.05) is 30.2 Å². The van der Waals surface area contributed by atoms with Crippen molar-refractivity contribution in [3.63, 3.8) is 0 Å². The third-order valence-electron chi connectivity index (χ3n) is 3.93. The van der Waals surface area contributed by atoms with Crippen molar-refractivity contribution in [2.75, 3.05) is 0 Å². The molecule has 25 heavy (non-hydrogen) atoms. The van der Waals surface area contributed by atoms with E-state index in [0.29, 0.717) is 6.29 Å². The molecule has 2 unspecified atom stereocenters. The van der Waals surface area contributed by atoms with E-state index < -0.39 is 28.7 Å². The molecule has 1 aromatic carbocycles. The Bertz CT molecular complexity index is 826. The molecule has 1 heterocycles. The number of nitro benzene ring substituents is 1. The smallest absolute Gasteiger partial charge is 0.334 e. The zero-order chi connectivity index (χ0) is 18.7. The summed E-state index contributed by atoms with van der Waals surface area (Å²) in [7, 11) is 0. The summed E-state index contributed by atoms with van der Waals surface area (Å²) in [6.07, 6.45) is 0.178. The molecule has 130 valence electrons. The molecule has 0 amide bonds. The molecule has 9 heteroatoms. The number of allylic oxidation sites excluding steroid dienone is 1. The van der Waals surface area contributed by atoms with Crippen LogP contribution < -0.4 is 0 Å². The van der Waals surface area contributed by atoms with Crippen molar-refractivity contribution in [1.29, 1.82) is 0 Å². The lowest BCUT2D eigenvalue weighted by Crippen LogP contribution is -2.35. The van der Waals surface area contributed by atoms with E-state index in [1.807, 2.05) is 0 Å². The molecule has 0 spiro atoms. The number of hydrogen-bond donors (Lipinski definition) is 2. The molecular formula is C16H14N2O7. The fourth-order valence-corrected chi connectivity index (χ4v) is 2.93. The lowest BCUT2D eigenvalue weighted by Gasteiger charge is -2.30. The number of benzene rings is 1. The lowest BCUT2D eigenvalue weighted by molar-refractivity contribution is -0.384. The predicted octanol–water partition coefficient (Wildman–Crippen LogP) is 1.78. The van der Waals surface area contributed by atoms with E-state index in [1.54, 1.807) is 0 Å². The Morgan fingerprint density at radius 3 is 2.56 bits per heavy atom.